The van der Waals surface area contributed by atoms with Gasteiger partial charge in [0, 0.05) is 24.4 Å². The maximum Gasteiger partial charge on any atom is 0.225 e. The zero-order chi connectivity index (χ0) is 12.6. The summed E-state index contributed by atoms with van der Waals surface area (Å²) in [6, 6.07) is 0. The van der Waals surface area contributed by atoms with Gasteiger partial charge in [-0.25, -0.2) is 0 Å². The van der Waals surface area contributed by atoms with E-state index in [-0.39, 0.29) is 23.3 Å². The molecule has 2 aliphatic rings. The van der Waals surface area contributed by atoms with Crippen LogP contribution >= 0.6 is 0 Å². The molecule has 1 saturated heterocycles. The molecule has 0 aromatic carbocycles. The van der Waals surface area contributed by atoms with Gasteiger partial charge >= 0.3 is 0 Å². The Bertz CT molecular complexity index is 297. The smallest absolute Gasteiger partial charge is 0.225 e. The summed E-state index contributed by atoms with van der Waals surface area (Å²) in [5, 5.41) is 9.89. The third-order valence-electron chi connectivity index (χ3n) is 4.29. The van der Waals surface area contributed by atoms with Gasteiger partial charge in [-0.1, -0.05) is 33.6 Å². The lowest BCUT2D eigenvalue weighted by Gasteiger charge is -2.42. The van der Waals surface area contributed by atoms with Crippen LogP contribution in [0.2, 0.25) is 0 Å². The van der Waals surface area contributed by atoms with Gasteiger partial charge in [0.15, 0.2) is 0 Å². The molecule has 0 bridgehead atoms. The van der Waals surface area contributed by atoms with E-state index in [0.717, 1.165) is 25.3 Å². The number of carbonyl (C=O) groups is 1. The summed E-state index contributed by atoms with van der Waals surface area (Å²) >= 11 is 0. The average molecular weight is 239 g/mol. The van der Waals surface area contributed by atoms with Gasteiger partial charge in [0.05, 0.1) is 6.10 Å². The first-order valence-corrected chi connectivity index (χ1v) is 6.87. The molecule has 0 aromatic heterocycles. The zero-order valence-corrected chi connectivity index (χ0v) is 11.3. The fourth-order valence-electron chi connectivity index (χ4n) is 2.80. The van der Waals surface area contributed by atoms with Crippen molar-refractivity contribution in [2.45, 2.75) is 52.6 Å². The SMILES string of the molecule is C[C@H](CC1CC1)C(=O)N1CCC(O)C(C)(C)C1. The first-order chi connectivity index (χ1) is 7.90. The summed E-state index contributed by atoms with van der Waals surface area (Å²) < 4.78 is 0. The molecule has 1 aliphatic heterocycles. The van der Waals surface area contributed by atoms with E-state index in [1.165, 1.54) is 12.8 Å². The minimum Gasteiger partial charge on any atom is -0.392 e. The number of hydrogen-bond donors (Lipinski definition) is 1. The molecule has 1 saturated carbocycles. The van der Waals surface area contributed by atoms with Crippen molar-refractivity contribution in [3.8, 4) is 0 Å². The van der Waals surface area contributed by atoms with Gasteiger partial charge in [-0.05, 0) is 18.8 Å². The summed E-state index contributed by atoms with van der Waals surface area (Å²) in [4.78, 5) is 14.3. The van der Waals surface area contributed by atoms with Crippen LogP contribution in [0.3, 0.4) is 0 Å². The number of hydrogen-bond acceptors (Lipinski definition) is 2. The minimum absolute atomic E-state index is 0.160. The number of amides is 1. The maximum atomic E-state index is 12.3. The molecular weight excluding hydrogens is 214 g/mol. The normalized spacial score (nSPS) is 30.1. The van der Waals surface area contributed by atoms with E-state index in [0.29, 0.717) is 6.54 Å². The molecule has 1 unspecified atom stereocenters. The van der Waals surface area contributed by atoms with Crippen molar-refractivity contribution in [2.24, 2.45) is 17.3 Å². The number of likely N-dealkylation sites (tertiary alicyclic amines) is 1. The third kappa shape index (κ3) is 3.01. The van der Waals surface area contributed by atoms with Gasteiger partial charge < -0.3 is 10.0 Å². The molecule has 0 spiro atoms. The van der Waals surface area contributed by atoms with Gasteiger partial charge in [0.1, 0.15) is 0 Å². The Balaban J connectivity index is 1.90. The first kappa shape index (κ1) is 12.9. The van der Waals surface area contributed by atoms with Crippen LogP contribution in [0, 0.1) is 17.3 Å². The van der Waals surface area contributed by atoms with Crippen LogP contribution in [0.4, 0.5) is 0 Å². The van der Waals surface area contributed by atoms with Crippen molar-refractivity contribution in [3.63, 3.8) is 0 Å². The lowest BCUT2D eigenvalue weighted by Crippen LogP contribution is -2.51. The van der Waals surface area contributed by atoms with Crippen LogP contribution in [0.1, 0.15) is 46.5 Å². The molecule has 3 heteroatoms. The molecule has 2 atom stereocenters. The van der Waals surface area contributed by atoms with E-state index in [9.17, 15) is 9.90 Å². The monoisotopic (exact) mass is 239 g/mol. The highest BCUT2D eigenvalue weighted by Gasteiger charge is 2.38. The highest BCUT2D eigenvalue weighted by Crippen LogP contribution is 2.36. The molecule has 17 heavy (non-hydrogen) atoms. The second kappa shape index (κ2) is 4.60. The molecule has 0 aromatic rings. The van der Waals surface area contributed by atoms with E-state index >= 15 is 0 Å². The van der Waals surface area contributed by atoms with Crippen molar-refractivity contribution >= 4 is 5.91 Å². The van der Waals surface area contributed by atoms with Gasteiger partial charge in [-0.2, -0.15) is 0 Å². The van der Waals surface area contributed by atoms with Crippen molar-refractivity contribution < 1.29 is 9.90 Å². The Morgan fingerprint density at radius 2 is 2.06 bits per heavy atom. The van der Waals surface area contributed by atoms with Crippen LogP contribution in [0.5, 0.6) is 0 Å². The van der Waals surface area contributed by atoms with Crippen molar-refractivity contribution in [1.29, 1.82) is 0 Å². The number of aliphatic hydroxyl groups excluding tert-OH is 1. The number of nitrogens with zero attached hydrogens (tertiary/aromatic N) is 1. The molecule has 3 nitrogen and oxygen atoms in total. The average Bonchev–Trinajstić information content (AvgIpc) is 3.04. The predicted octanol–water partition coefficient (Wildman–Crippen LogP) is 2.04. The van der Waals surface area contributed by atoms with E-state index in [4.69, 9.17) is 0 Å². The quantitative estimate of drug-likeness (QED) is 0.819. The lowest BCUT2D eigenvalue weighted by atomic mass is 9.81. The summed E-state index contributed by atoms with van der Waals surface area (Å²) in [6.45, 7) is 7.56. The van der Waals surface area contributed by atoms with Gasteiger partial charge in [0.2, 0.25) is 5.91 Å². The number of rotatable bonds is 3. The van der Waals surface area contributed by atoms with Gasteiger partial charge in [-0.15, -0.1) is 0 Å². The van der Waals surface area contributed by atoms with Crippen LogP contribution in [0.15, 0.2) is 0 Å². The lowest BCUT2D eigenvalue weighted by molar-refractivity contribution is -0.142. The van der Waals surface area contributed by atoms with Gasteiger partial charge in [-0.3, -0.25) is 4.79 Å². The van der Waals surface area contributed by atoms with E-state index in [1.54, 1.807) is 0 Å². The van der Waals surface area contributed by atoms with Gasteiger partial charge in [0.25, 0.3) is 0 Å². The van der Waals surface area contributed by atoms with E-state index < -0.39 is 0 Å². The molecule has 2 fully saturated rings. The molecule has 1 amide bonds. The highest BCUT2D eigenvalue weighted by molar-refractivity contribution is 5.78. The Kier molecular flexibility index (Phi) is 3.48. The summed E-state index contributed by atoms with van der Waals surface area (Å²) in [5.74, 6) is 1.25. The standard InChI is InChI=1S/C14H25NO2/c1-10(8-11-4-5-11)13(17)15-7-6-12(16)14(2,3)9-15/h10-12,16H,4-9H2,1-3H3/t10-,12?/m1/s1. The Morgan fingerprint density at radius 1 is 1.41 bits per heavy atom. The molecule has 98 valence electrons. The second-order valence-electron chi connectivity index (χ2n) is 6.63. The highest BCUT2D eigenvalue weighted by atomic mass is 16.3. The number of aliphatic hydroxyl groups is 1. The molecule has 1 aliphatic carbocycles. The predicted molar refractivity (Wildman–Crippen MR) is 67.5 cm³/mol. The molecular formula is C14H25NO2. The third-order valence-corrected chi connectivity index (χ3v) is 4.29. The topological polar surface area (TPSA) is 40.5 Å². The molecule has 1 heterocycles. The summed E-state index contributed by atoms with van der Waals surface area (Å²) in [6.07, 6.45) is 4.11. The maximum absolute atomic E-state index is 12.3. The van der Waals surface area contributed by atoms with Crippen molar-refractivity contribution in [3.05, 3.63) is 0 Å². The van der Waals surface area contributed by atoms with Crippen LogP contribution in [0.25, 0.3) is 0 Å². The minimum atomic E-state index is -0.273. The van der Waals surface area contributed by atoms with Crippen LogP contribution < -0.4 is 0 Å². The Labute approximate surface area is 104 Å². The Hall–Kier alpha value is -0.570. The fourth-order valence-corrected chi connectivity index (χ4v) is 2.80. The zero-order valence-electron chi connectivity index (χ0n) is 11.3. The van der Waals surface area contributed by atoms with Crippen molar-refractivity contribution in [1.82, 2.24) is 4.90 Å². The van der Waals surface area contributed by atoms with E-state index in [1.807, 2.05) is 18.7 Å². The van der Waals surface area contributed by atoms with E-state index in [2.05, 4.69) is 6.92 Å². The molecule has 1 N–H and O–H groups in total. The van der Waals surface area contributed by atoms with Crippen LogP contribution in [-0.4, -0.2) is 35.1 Å². The fraction of sp³-hybridized carbons (Fsp3) is 0.929. The van der Waals surface area contributed by atoms with Crippen LogP contribution in [-0.2, 0) is 4.79 Å². The Morgan fingerprint density at radius 3 is 2.59 bits per heavy atom. The first-order valence-electron chi connectivity index (χ1n) is 6.87. The largest absolute Gasteiger partial charge is 0.392 e. The number of piperidine rings is 1. The number of carbonyl (C=O) groups excluding carboxylic acids is 1. The van der Waals surface area contributed by atoms with Crippen molar-refractivity contribution in [2.75, 3.05) is 13.1 Å². The molecule has 2 rings (SSSR count). The summed E-state index contributed by atoms with van der Waals surface area (Å²) in [7, 11) is 0. The molecule has 0 radical (unpaired) electrons. The summed E-state index contributed by atoms with van der Waals surface area (Å²) in [5.41, 5.74) is -0.160. The second-order valence-corrected chi connectivity index (χ2v) is 6.63.